The molecule has 0 aromatic heterocycles. The van der Waals surface area contributed by atoms with Gasteiger partial charge in [0.15, 0.2) is 0 Å². The van der Waals surface area contributed by atoms with Gasteiger partial charge in [0.2, 0.25) is 5.91 Å². The SMILES string of the molecule is Cc1c(F)cc(C(N)=O)cc1NC1CCC(C)C1. The zero-order valence-corrected chi connectivity index (χ0v) is 10.8. The molecule has 3 N–H and O–H groups in total. The number of carbonyl (C=O) groups excluding carboxylic acids is 1. The first-order chi connectivity index (χ1) is 8.47. The van der Waals surface area contributed by atoms with E-state index in [1.54, 1.807) is 13.0 Å². The lowest BCUT2D eigenvalue weighted by Crippen LogP contribution is -2.18. The van der Waals surface area contributed by atoms with Crippen molar-refractivity contribution in [1.29, 1.82) is 0 Å². The van der Waals surface area contributed by atoms with E-state index in [1.165, 1.54) is 12.5 Å². The van der Waals surface area contributed by atoms with E-state index in [2.05, 4.69) is 12.2 Å². The van der Waals surface area contributed by atoms with Gasteiger partial charge >= 0.3 is 0 Å². The molecule has 1 aromatic rings. The van der Waals surface area contributed by atoms with Gasteiger partial charge in [-0.1, -0.05) is 6.92 Å². The molecule has 1 aliphatic rings. The van der Waals surface area contributed by atoms with Gasteiger partial charge in [-0.25, -0.2) is 4.39 Å². The zero-order valence-electron chi connectivity index (χ0n) is 10.8. The van der Waals surface area contributed by atoms with Crippen molar-refractivity contribution in [3.05, 3.63) is 29.1 Å². The van der Waals surface area contributed by atoms with Crippen molar-refractivity contribution >= 4 is 11.6 Å². The standard InChI is InChI=1S/C14H19FN2O/c1-8-3-4-11(5-8)17-13-7-10(14(16)18)6-12(15)9(13)2/h6-8,11,17H,3-5H2,1-2H3,(H2,16,18). The van der Waals surface area contributed by atoms with Crippen molar-refractivity contribution in [2.75, 3.05) is 5.32 Å². The first-order valence-electron chi connectivity index (χ1n) is 6.34. The summed E-state index contributed by atoms with van der Waals surface area (Å²) >= 11 is 0. The highest BCUT2D eigenvalue weighted by Crippen LogP contribution is 2.29. The fourth-order valence-corrected chi connectivity index (χ4v) is 2.53. The second-order valence-electron chi connectivity index (χ2n) is 5.25. The van der Waals surface area contributed by atoms with E-state index >= 15 is 0 Å². The molecule has 0 bridgehead atoms. The Morgan fingerprint density at radius 1 is 1.44 bits per heavy atom. The Balaban J connectivity index is 2.23. The second-order valence-corrected chi connectivity index (χ2v) is 5.25. The Labute approximate surface area is 107 Å². The number of primary amides is 1. The Morgan fingerprint density at radius 3 is 2.72 bits per heavy atom. The van der Waals surface area contributed by atoms with E-state index in [9.17, 15) is 9.18 Å². The molecular weight excluding hydrogens is 231 g/mol. The van der Waals surface area contributed by atoms with Gasteiger partial charge in [-0.2, -0.15) is 0 Å². The zero-order chi connectivity index (χ0) is 13.3. The number of nitrogens with two attached hydrogens (primary N) is 1. The molecule has 1 aliphatic carbocycles. The lowest BCUT2D eigenvalue weighted by atomic mass is 10.1. The van der Waals surface area contributed by atoms with Crippen LogP contribution < -0.4 is 11.1 Å². The predicted octanol–water partition coefficient (Wildman–Crippen LogP) is 2.83. The Morgan fingerprint density at radius 2 is 2.17 bits per heavy atom. The third-order valence-electron chi connectivity index (χ3n) is 3.68. The number of halogens is 1. The van der Waals surface area contributed by atoms with Crippen LogP contribution in [-0.2, 0) is 0 Å². The first kappa shape index (κ1) is 12.9. The van der Waals surface area contributed by atoms with Crippen LogP contribution in [0.2, 0.25) is 0 Å². The molecule has 2 unspecified atom stereocenters. The van der Waals surface area contributed by atoms with Gasteiger partial charge in [0, 0.05) is 22.9 Å². The average molecular weight is 250 g/mol. The topological polar surface area (TPSA) is 55.1 Å². The number of benzene rings is 1. The summed E-state index contributed by atoms with van der Waals surface area (Å²) in [7, 11) is 0. The number of hydrogen-bond acceptors (Lipinski definition) is 2. The summed E-state index contributed by atoms with van der Waals surface area (Å²) in [5.41, 5.74) is 6.64. The minimum absolute atomic E-state index is 0.214. The van der Waals surface area contributed by atoms with Crippen molar-refractivity contribution < 1.29 is 9.18 Å². The van der Waals surface area contributed by atoms with E-state index in [0.29, 0.717) is 23.2 Å². The summed E-state index contributed by atoms with van der Waals surface area (Å²) in [6.45, 7) is 3.93. The van der Waals surface area contributed by atoms with Crippen LogP contribution in [0, 0.1) is 18.7 Å². The van der Waals surface area contributed by atoms with E-state index in [1.807, 2.05) is 0 Å². The lowest BCUT2D eigenvalue weighted by molar-refractivity contribution is 0.1000. The molecule has 3 nitrogen and oxygen atoms in total. The maximum atomic E-state index is 13.7. The van der Waals surface area contributed by atoms with Crippen LogP contribution in [0.1, 0.15) is 42.1 Å². The van der Waals surface area contributed by atoms with E-state index in [4.69, 9.17) is 5.73 Å². The highest BCUT2D eigenvalue weighted by atomic mass is 19.1. The van der Waals surface area contributed by atoms with Gasteiger partial charge < -0.3 is 11.1 Å². The number of amides is 1. The molecular formula is C14H19FN2O. The minimum Gasteiger partial charge on any atom is -0.382 e. The van der Waals surface area contributed by atoms with Gasteiger partial charge in [-0.05, 0) is 44.2 Å². The number of carbonyl (C=O) groups is 1. The van der Waals surface area contributed by atoms with Crippen LogP contribution in [0.3, 0.4) is 0 Å². The summed E-state index contributed by atoms with van der Waals surface area (Å²) in [6.07, 6.45) is 3.36. The quantitative estimate of drug-likeness (QED) is 0.866. The third kappa shape index (κ3) is 2.63. The van der Waals surface area contributed by atoms with E-state index in [-0.39, 0.29) is 11.4 Å². The maximum absolute atomic E-state index is 13.7. The molecule has 2 rings (SSSR count). The van der Waals surface area contributed by atoms with Gasteiger partial charge in [-0.15, -0.1) is 0 Å². The van der Waals surface area contributed by atoms with Crippen LogP contribution in [0.25, 0.3) is 0 Å². The molecule has 2 atom stereocenters. The molecule has 0 radical (unpaired) electrons. The lowest BCUT2D eigenvalue weighted by Gasteiger charge is -2.17. The first-order valence-corrected chi connectivity index (χ1v) is 6.34. The van der Waals surface area contributed by atoms with Crippen LogP contribution in [0.5, 0.6) is 0 Å². The van der Waals surface area contributed by atoms with Gasteiger partial charge in [0.25, 0.3) is 0 Å². The number of hydrogen-bond donors (Lipinski definition) is 2. The highest BCUT2D eigenvalue weighted by Gasteiger charge is 2.22. The Bertz CT molecular complexity index is 473. The summed E-state index contributed by atoms with van der Waals surface area (Å²) in [5.74, 6) is -0.288. The molecule has 1 fully saturated rings. The van der Waals surface area contributed by atoms with Crippen LogP contribution in [0.15, 0.2) is 12.1 Å². The number of nitrogens with one attached hydrogen (secondary N) is 1. The van der Waals surface area contributed by atoms with Crippen LogP contribution in [-0.4, -0.2) is 11.9 Å². The summed E-state index contributed by atoms with van der Waals surface area (Å²) < 4.78 is 13.7. The molecule has 0 spiro atoms. The second kappa shape index (κ2) is 4.96. The molecule has 0 aliphatic heterocycles. The average Bonchev–Trinajstić information content (AvgIpc) is 2.70. The smallest absolute Gasteiger partial charge is 0.248 e. The predicted molar refractivity (Wildman–Crippen MR) is 70.1 cm³/mol. The summed E-state index contributed by atoms with van der Waals surface area (Å²) in [5, 5.41) is 3.33. The molecule has 1 aromatic carbocycles. The Hall–Kier alpha value is -1.58. The van der Waals surface area contributed by atoms with Crippen molar-refractivity contribution in [3.8, 4) is 0 Å². The molecule has 1 amide bonds. The molecule has 0 saturated heterocycles. The molecule has 4 heteroatoms. The molecule has 18 heavy (non-hydrogen) atoms. The van der Waals surface area contributed by atoms with Crippen molar-refractivity contribution in [2.45, 2.75) is 39.2 Å². The van der Waals surface area contributed by atoms with Crippen molar-refractivity contribution in [3.63, 3.8) is 0 Å². The summed E-state index contributed by atoms with van der Waals surface area (Å²) in [6, 6.07) is 3.20. The third-order valence-corrected chi connectivity index (χ3v) is 3.68. The minimum atomic E-state index is -0.600. The number of anilines is 1. The highest BCUT2D eigenvalue weighted by molar-refractivity contribution is 5.94. The van der Waals surface area contributed by atoms with E-state index < -0.39 is 5.91 Å². The maximum Gasteiger partial charge on any atom is 0.248 e. The van der Waals surface area contributed by atoms with Gasteiger partial charge in [0.1, 0.15) is 5.82 Å². The van der Waals surface area contributed by atoms with E-state index in [0.717, 1.165) is 12.8 Å². The number of rotatable bonds is 3. The van der Waals surface area contributed by atoms with Crippen molar-refractivity contribution in [2.24, 2.45) is 11.7 Å². The molecule has 98 valence electrons. The summed E-state index contributed by atoms with van der Waals surface area (Å²) in [4.78, 5) is 11.1. The normalized spacial score (nSPS) is 23.1. The fourth-order valence-electron chi connectivity index (χ4n) is 2.53. The van der Waals surface area contributed by atoms with Gasteiger partial charge in [0.05, 0.1) is 0 Å². The molecule has 1 saturated carbocycles. The molecule has 0 heterocycles. The fraction of sp³-hybridized carbons (Fsp3) is 0.500. The van der Waals surface area contributed by atoms with Crippen molar-refractivity contribution in [1.82, 2.24) is 0 Å². The Kier molecular flexibility index (Phi) is 3.55. The van der Waals surface area contributed by atoms with Crippen LogP contribution >= 0.6 is 0 Å². The van der Waals surface area contributed by atoms with Gasteiger partial charge in [-0.3, -0.25) is 4.79 Å². The monoisotopic (exact) mass is 250 g/mol. The largest absolute Gasteiger partial charge is 0.382 e. The van der Waals surface area contributed by atoms with Crippen LogP contribution in [0.4, 0.5) is 10.1 Å².